The molecule has 3 nitrogen and oxygen atoms in total. The third-order valence-electron chi connectivity index (χ3n) is 4.34. The number of rotatable bonds is 2. The van der Waals surface area contributed by atoms with Crippen LogP contribution in [-0.2, 0) is 5.41 Å². The van der Waals surface area contributed by atoms with Crippen LogP contribution >= 0.6 is 0 Å². The van der Waals surface area contributed by atoms with Crippen LogP contribution in [0.2, 0.25) is 0 Å². The van der Waals surface area contributed by atoms with E-state index in [1.54, 1.807) is 6.07 Å². The molecule has 0 aliphatic rings. The van der Waals surface area contributed by atoms with Gasteiger partial charge >= 0.3 is 0 Å². The van der Waals surface area contributed by atoms with Gasteiger partial charge in [-0.2, -0.15) is 0 Å². The van der Waals surface area contributed by atoms with Gasteiger partial charge in [0, 0.05) is 16.7 Å². The lowest BCUT2D eigenvalue weighted by Gasteiger charge is -2.25. The predicted octanol–water partition coefficient (Wildman–Crippen LogP) is 5.00. The minimum absolute atomic E-state index is 0.0574. The molecule has 0 fully saturated rings. The second-order valence-electron chi connectivity index (χ2n) is 7.20. The van der Waals surface area contributed by atoms with Crippen molar-refractivity contribution in [2.24, 2.45) is 0 Å². The first-order valence-electron chi connectivity index (χ1n) is 7.79. The highest BCUT2D eigenvalue weighted by molar-refractivity contribution is 5.83. The average molecular weight is 314 g/mol. The monoisotopic (exact) mass is 314 g/mol. The predicted molar refractivity (Wildman–Crippen MR) is 94.7 cm³/mol. The normalized spacial score (nSPS) is 11.6. The van der Waals surface area contributed by atoms with E-state index in [0.29, 0.717) is 16.9 Å². The largest absolute Gasteiger partial charge is 0.507 e. The maximum Gasteiger partial charge on any atom is 0.165 e. The van der Waals surface area contributed by atoms with Gasteiger partial charge in [-0.3, -0.25) is 0 Å². The van der Waals surface area contributed by atoms with Crippen molar-refractivity contribution in [2.45, 2.75) is 47.0 Å². The zero-order chi connectivity index (χ0) is 17.5. The molecule has 0 saturated carbocycles. The quantitative estimate of drug-likeness (QED) is 0.820. The van der Waals surface area contributed by atoms with E-state index in [1.807, 2.05) is 32.9 Å². The fourth-order valence-corrected chi connectivity index (χ4v) is 2.90. The van der Waals surface area contributed by atoms with Gasteiger partial charge in [-0.15, -0.1) is 0 Å². The van der Waals surface area contributed by atoms with E-state index in [0.717, 1.165) is 22.3 Å². The highest BCUT2D eigenvalue weighted by atomic mass is 16.5. The Morgan fingerprint density at radius 2 is 1.52 bits per heavy atom. The number of aryl methyl sites for hydroxylation is 2. The molecule has 0 saturated heterocycles. The number of ether oxygens (including phenoxy) is 1. The molecule has 2 aromatic carbocycles. The molecule has 0 aromatic heterocycles. The standard InChI is InChI=1S/C20H26O3/c1-11-8-14(18(21)16(9-11)23-7)17-13(3)12(2)10-15(19(17)22)20(4,5)6/h8-10,21-22H,1-7H3. The third-order valence-corrected chi connectivity index (χ3v) is 4.34. The molecule has 3 heteroatoms. The Morgan fingerprint density at radius 1 is 0.913 bits per heavy atom. The van der Waals surface area contributed by atoms with E-state index in [1.165, 1.54) is 7.11 Å². The molecule has 2 aromatic rings. The number of benzene rings is 2. The first-order valence-corrected chi connectivity index (χ1v) is 7.79. The van der Waals surface area contributed by atoms with Gasteiger partial charge in [0.05, 0.1) is 7.11 Å². The molecule has 0 aliphatic heterocycles. The van der Waals surface area contributed by atoms with Crippen molar-refractivity contribution >= 4 is 0 Å². The zero-order valence-corrected chi connectivity index (χ0v) is 15.0. The van der Waals surface area contributed by atoms with Crippen LogP contribution in [0.15, 0.2) is 18.2 Å². The van der Waals surface area contributed by atoms with Gasteiger partial charge in [-0.05, 0) is 55.0 Å². The van der Waals surface area contributed by atoms with Crippen LogP contribution in [0, 0.1) is 20.8 Å². The van der Waals surface area contributed by atoms with Crippen LogP contribution in [0.4, 0.5) is 0 Å². The van der Waals surface area contributed by atoms with Crippen LogP contribution in [0.5, 0.6) is 17.2 Å². The van der Waals surface area contributed by atoms with E-state index in [2.05, 4.69) is 20.8 Å². The summed E-state index contributed by atoms with van der Waals surface area (Å²) >= 11 is 0. The summed E-state index contributed by atoms with van der Waals surface area (Å²) in [7, 11) is 1.53. The zero-order valence-electron chi connectivity index (χ0n) is 15.0. The number of methoxy groups -OCH3 is 1. The minimum atomic E-state index is -0.194. The lowest BCUT2D eigenvalue weighted by molar-refractivity contribution is 0.374. The third kappa shape index (κ3) is 3.00. The fraction of sp³-hybridized carbons (Fsp3) is 0.400. The van der Waals surface area contributed by atoms with E-state index >= 15 is 0 Å². The molecule has 124 valence electrons. The Labute approximate surface area is 138 Å². The molecule has 2 N–H and O–H groups in total. The molecule has 0 aliphatic carbocycles. The smallest absolute Gasteiger partial charge is 0.165 e. The minimum Gasteiger partial charge on any atom is -0.507 e. The molecule has 0 radical (unpaired) electrons. The van der Waals surface area contributed by atoms with E-state index in [-0.39, 0.29) is 16.9 Å². The first-order chi connectivity index (χ1) is 10.6. The lowest BCUT2D eigenvalue weighted by atomic mass is 9.81. The maximum absolute atomic E-state index is 10.9. The summed E-state index contributed by atoms with van der Waals surface area (Å²) in [5.74, 6) is 0.697. The second-order valence-corrected chi connectivity index (χ2v) is 7.20. The Balaban J connectivity index is 2.89. The van der Waals surface area contributed by atoms with Crippen LogP contribution in [0.25, 0.3) is 11.1 Å². The van der Waals surface area contributed by atoms with Crippen molar-refractivity contribution in [1.29, 1.82) is 0 Å². The number of hydrogen-bond donors (Lipinski definition) is 2. The van der Waals surface area contributed by atoms with Crippen molar-refractivity contribution in [3.8, 4) is 28.4 Å². The highest BCUT2D eigenvalue weighted by Gasteiger charge is 2.25. The fourth-order valence-electron chi connectivity index (χ4n) is 2.90. The van der Waals surface area contributed by atoms with E-state index in [4.69, 9.17) is 4.74 Å². The van der Waals surface area contributed by atoms with Gasteiger partial charge in [0.15, 0.2) is 11.5 Å². The molecular weight excluding hydrogens is 288 g/mol. The molecule has 0 heterocycles. The van der Waals surface area contributed by atoms with Crippen molar-refractivity contribution in [2.75, 3.05) is 7.11 Å². The summed E-state index contributed by atoms with van der Waals surface area (Å²) in [5, 5.41) is 21.5. The molecular formula is C20H26O3. The van der Waals surface area contributed by atoms with Crippen LogP contribution in [0.1, 0.15) is 43.0 Å². The van der Waals surface area contributed by atoms with E-state index < -0.39 is 0 Å². The Kier molecular flexibility index (Phi) is 4.34. The first kappa shape index (κ1) is 17.2. The topological polar surface area (TPSA) is 49.7 Å². The van der Waals surface area contributed by atoms with Gasteiger partial charge in [0.25, 0.3) is 0 Å². The van der Waals surface area contributed by atoms with Crippen LogP contribution in [-0.4, -0.2) is 17.3 Å². The van der Waals surface area contributed by atoms with Crippen LogP contribution in [0.3, 0.4) is 0 Å². The molecule has 0 atom stereocenters. The van der Waals surface area contributed by atoms with Gasteiger partial charge in [-0.25, -0.2) is 0 Å². The van der Waals surface area contributed by atoms with E-state index in [9.17, 15) is 10.2 Å². The van der Waals surface area contributed by atoms with Gasteiger partial charge in [-0.1, -0.05) is 26.8 Å². The summed E-state index contributed by atoms with van der Waals surface area (Å²) < 4.78 is 5.26. The highest BCUT2D eigenvalue weighted by Crippen LogP contribution is 2.47. The Morgan fingerprint density at radius 3 is 2.04 bits per heavy atom. The maximum atomic E-state index is 10.9. The number of aromatic hydroxyl groups is 2. The van der Waals surface area contributed by atoms with Gasteiger partial charge < -0.3 is 14.9 Å². The number of phenols is 2. The average Bonchev–Trinajstić information content (AvgIpc) is 2.45. The number of hydrogen-bond acceptors (Lipinski definition) is 3. The SMILES string of the molecule is COc1cc(C)cc(-c2c(C)c(C)cc(C(C)(C)C)c2O)c1O. The number of phenolic OH excluding ortho intramolecular Hbond substituents is 2. The van der Waals surface area contributed by atoms with Crippen LogP contribution < -0.4 is 4.74 Å². The van der Waals surface area contributed by atoms with Crippen molar-refractivity contribution in [1.82, 2.24) is 0 Å². The lowest BCUT2D eigenvalue weighted by Crippen LogP contribution is -2.12. The summed E-state index contributed by atoms with van der Waals surface area (Å²) in [6, 6.07) is 5.69. The molecule has 23 heavy (non-hydrogen) atoms. The Bertz CT molecular complexity index is 753. The Hall–Kier alpha value is -2.16. The van der Waals surface area contributed by atoms with Gasteiger partial charge in [0.2, 0.25) is 0 Å². The summed E-state index contributed by atoms with van der Waals surface area (Å²) in [6.07, 6.45) is 0. The molecule has 0 unspecified atom stereocenters. The summed E-state index contributed by atoms with van der Waals surface area (Å²) in [5.41, 5.74) is 4.96. The van der Waals surface area contributed by atoms with Crippen molar-refractivity contribution < 1.29 is 14.9 Å². The molecule has 0 amide bonds. The molecule has 0 spiro atoms. The van der Waals surface area contributed by atoms with Crippen molar-refractivity contribution in [3.05, 3.63) is 40.5 Å². The molecule has 0 bridgehead atoms. The second kappa shape index (κ2) is 5.80. The molecule has 2 rings (SSSR count). The van der Waals surface area contributed by atoms with Gasteiger partial charge in [0.1, 0.15) is 5.75 Å². The van der Waals surface area contributed by atoms with Crippen molar-refractivity contribution in [3.63, 3.8) is 0 Å². The summed E-state index contributed by atoms with van der Waals surface area (Å²) in [4.78, 5) is 0. The summed E-state index contributed by atoms with van der Waals surface area (Å²) in [6.45, 7) is 12.1.